The van der Waals surface area contributed by atoms with Gasteiger partial charge in [-0.3, -0.25) is 4.90 Å². The van der Waals surface area contributed by atoms with E-state index in [2.05, 4.69) is 15.3 Å². The smallest absolute Gasteiger partial charge is 0.323 e. The Labute approximate surface area is 102 Å². The fourth-order valence-electron chi connectivity index (χ4n) is 1.56. The average Bonchev–Trinajstić information content (AvgIpc) is 2.47. The van der Waals surface area contributed by atoms with Gasteiger partial charge in [0, 0.05) is 12.7 Å². The number of nitrogens with zero attached hydrogens (tertiary/aromatic N) is 3. The molecule has 86 valence electrons. The average molecular weight is 243 g/mol. The van der Waals surface area contributed by atoms with Crippen molar-refractivity contribution in [1.82, 2.24) is 15.3 Å². The number of hydrogen-bond acceptors (Lipinski definition) is 3. The van der Waals surface area contributed by atoms with Crippen LogP contribution in [0.2, 0.25) is 5.28 Å². The molecule has 1 aliphatic rings. The lowest BCUT2D eigenvalue weighted by Gasteiger charge is -2.24. The highest BCUT2D eigenvalue weighted by molar-refractivity contribution is 6.28. The monoisotopic (exact) mass is 242 g/mol. The third kappa shape index (κ3) is 1.95. The number of hydrogen-bond donors (Lipinski definition) is 1. The highest BCUT2D eigenvalue weighted by Crippen LogP contribution is 2.22. The van der Waals surface area contributed by atoms with Crippen LogP contribution < -0.4 is 10.2 Å². The molecule has 2 amide bonds. The number of aromatic nitrogens is 2. The lowest BCUT2D eigenvalue weighted by Crippen LogP contribution is -2.38. The third-order valence-electron chi connectivity index (χ3n) is 2.31. The molecular weight excluding hydrogens is 228 g/mol. The molecule has 1 aliphatic heterocycles. The number of amides is 2. The van der Waals surface area contributed by atoms with E-state index in [-0.39, 0.29) is 11.2 Å². The van der Waals surface area contributed by atoms with Gasteiger partial charge in [-0.2, -0.15) is 0 Å². The van der Waals surface area contributed by atoms with E-state index in [4.69, 9.17) is 14.3 Å². The fraction of sp³-hybridized carbons (Fsp3) is 0.500. The number of nitrogens with one attached hydrogen (secondary N) is 1. The topological polar surface area (TPSA) is 58.1 Å². The summed E-state index contributed by atoms with van der Waals surface area (Å²) in [5, 5.41) is 2.33. The van der Waals surface area contributed by atoms with Gasteiger partial charge in [0.1, 0.15) is 5.82 Å². The summed E-state index contributed by atoms with van der Waals surface area (Å²) in [6.45, 7) is 1.89. The van der Waals surface area contributed by atoms with Gasteiger partial charge in [-0.05, 0) is 23.6 Å². The highest BCUT2D eigenvalue weighted by atomic mass is 35.5. The Morgan fingerprint density at radius 2 is 2.50 bits per heavy atom. The molecule has 1 aromatic heterocycles. The molecule has 0 aliphatic carbocycles. The third-order valence-corrected chi connectivity index (χ3v) is 2.50. The van der Waals surface area contributed by atoms with E-state index < -0.39 is 18.6 Å². The van der Waals surface area contributed by atoms with Crippen molar-refractivity contribution in [2.24, 2.45) is 5.92 Å². The quantitative estimate of drug-likeness (QED) is 0.803. The van der Waals surface area contributed by atoms with Gasteiger partial charge in [-0.25, -0.2) is 14.8 Å². The van der Waals surface area contributed by atoms with Gasteiger partial charge in [0.25, 0.3) is 0 Å². The predicted octanol–water partition coefficient (Wildman–Crippen LogP) is 1.68. The van der Waals surface area contributed by atoms with Crippen molar-refractivity contribution in [2.75, 3.05) is 11.4 Å². The molecule has 16 heavy (non-hydrogen) atoms. The summed E-state index contributed by atoms with van der Waals surface area (Å²) in [6.07, 6.45) is 1.43. The Hall–Kier alpha value is -1.36. The Balaban J connectivity index is 2.45. The number of halogens is 1. The van der Waals surface area contributed by atoms with E-state index in [9.17, 15) is 4.79 Å². The molecule has 2 rings (SSSR count). The molecular formula is C10H13ClN4O. The molecule has 1 aromatic rings. The summed E-state index contributed by atoms with van der Waals surface area (Å²) in [6, 6.07) is 0.367. The lowest BCUT2D eigenvalue weighted by atomic mass is 10.0. The van der Waals surface area contributed by atoms with Crippen LogP contribution in [0.3, 0.4) is 0 Å². The number of carbonyl (C=O) groups is 1. The molecule has 0 unspecified atom stereocenters. The first-order valence-electron chi connectivity index (χ1n) is 5.93. The normalized spacial score (nSPS) is 25.4. The predicted molar refractivity (Wildman–Crippen MR) is 61.5 cm³/mol. The van der Waals surface area contributed by atoms with E-state index in [1.807, 2.05) is 13.8 Å². The van der Waals surface area contributed by atoms with E-state index in [0.717, 1.165) is 0 Å². The van der Waals surface area contributed by atoms with Crippen LogP contribution in [0.15, 0.2) is 12.3 Å². The van der Waals surface area contributed by atoms with E-state index in [1.165, 1.54) is 17.2 Å². The number of anilines is 1. The van der Waals surface area contributed by atoms with Crippen LogP contribution in [-0.2, 0) is 0 Å². The Bertz CT molecular complexity index is 483. The number of carbonyl (C=O) groups excluding carboxylic acids is 1. The van der Waals surface area contributed by atoms with Crippen LogP contribution in [0.1, 0.15) is 16.6 Å². The van der Waals surface area contributed by atoms with Gasteiger partial charge in [0.2, 0.25) is 5.28 Å². The van der Waals surface area contributed by atoms with Crippen LogP contribution in [0.25, 0.3) is 0 Å². The van der Waals surface area contributed by atoms with Gasteiger partial charge in [0.05, 0.1) is 8.78 Å². The lowest BCUT2D eigenvalue weighted by molar-refractivity contribution is 0.251. The van der Waals surface area contributed by atoms with E-state index in [0.29, 0.717) is 5.82 Å². The summed E-state index contributed by atoms with van der Waals surface area (Å²) >= 11 is 5.70. The van der Waals surface area contributed by atoms with Gasteiger partial charge in [-0.1, -0.05) is 13.8 Å². The summed E-state index contributed by atoms with van der Waals surface area (Å²) < 4.78 is 15.7. The van der Waals surface area contributed by atoms with Crippen LogP contribution in [-0.4, -0.2) is 28.5 Å². The second kappa shape index (κ2) is 4.25. The van der Waals surface area contributed by atoms with Crippen molar-refractivity contribution in [2.45, 2.75) is 19.9 Å². The van der Waals surface area contributed by atoms with Gasteiger partial charge < -0.3 is 5.32 Å². The van der Waals surface area contributed by atoms with E-state index in [1.54, 1.807) is 0 Å². The molecule has 0 bridgehead atoms. The Morgan fingerprint density at radius 1 is 1.75 bits per heavy atom. The summed E-state index contributed by atoms with van der Waals surface area (Å²) in [5.41, 5.74) is 0. The van der Waals surface area contributed by atoms with Crippen molar-refractivity contribution in [3.8, 4) is 0 Å². The molecule has 1 atom stereocenters. The first kappa shape index (κ1) is 8.75. The summed E-state index contributed by atoms with van der Waals surface area (Å²) in [4.78, 5) is 20.9. The minimum absolute atomic E-state index is 0.0234. The molecule has 1 N–H and O–H groups in total. The maximum Gasteiger partial charge on any atom is 0.323 e. The van der Waals surface area contributed by atoms with Crippen molar-refractivity contribution >= 4 is 23.4 Å². The first-order chi connectivity index (χ1) is 8.33. The highest BCUT2D eigenvalue weighted by Gasteiger charge is 2.34. The minimum Gasteiger partial charge on any atom is -0.336 e. The molecule has 6 heteroatoms. The van der Waals surface area contributed by atoms with Crippen molar-refractivity contribution in [1.29, 1.82) is 0 Å². The van der Waals surface area contributed by atoms with Crippen LogP contribution >= 0.6 is 11.6 Å². The Kier molecular flexibility index (Phi) is 2.33. The maximum absolute atomic E-state index is 11.9. The largest absolute Gasteiger partial charge is 0.336 e. The molecule has 5 nitrogen and oxygen atoms in total. The van der Waals surface area contributed by atoms with Gasteiger partial charge >= 0.3 is 6.03 Å². The standard InChI is InChI=1S/C10H13ClN4O/c1-6(2)7-5-13-10(16)15(7)8-3-4-12-9(11)14-8/h3-4,6-7H,5H2,1-2H3,(H,13,16)/t7-/m1/s1/i5D2. The number of rotatable bonds is 2. The molecule has 1 saturated heterocycles. The van der Waals surface area contributed by atoms with Crippen LogP contribution in [0.5, 0.6) is 0 Å². The van der Waals surface area contributed by atoms with Gasteiger partial charge in [0.15, 0.2) is 0 Å². The SMILES string of the molecule is [2H]C1([2H])NC(=O)N(c2ccnc(Cl)n2)[C@H]1C(C)C. The van der Waals surface area contributed by atoms with E-state index >= 15 is 0 Å². The summed E-state index contributed by atoms with van der Waals surface area (Å²) in [5.74, 6) is 0.222. The van der Waals surface area contributed by atoms with Crippen LogP contribution in [0.4, 0.5) is 10.6 Å². The van der Waals surface area contributed by atoms with Gasteiger partial charge in [-0.15, -0.1) is 0 Å². The molecule has 0 radical (unpaired) electrons. The molecule has 0 spiro atoms. The minimum atomic E-state index is -1.80. The first-order valence-corrected chi connectivity index (χ1v) is 5.30. The van der Waals surface area contributed by atoms with Crippen molar-refractivity contribution < 1.29 is 7.54 Å². The molecule has 1 fully saturated rings. The van der Waals surface area contributed by atoms with Crippen molar-refractivity contribution in [3.63, 3.8) is 0 Å². The summed E-state index contributed by atoms with van der Waals surface area (Å²) in [7, 11) is 0. The molecule has 0 saturated carbocycles. The van der Waals surface area contributed by atoms with Crippen LogP contribution in [0, 0.1) is 5.92 Å². The Morgan fingerprint density at radius 3 is 3.12 bits per heavy atom. The fourth-order valence-corrected chi connectivity index (χ4v) is 1.70. The number of urea groups is 1. The maximum atomic E-state index is 11.9. The zero-order chi connectivity index (χ0) is 13.5. The van der Waals surface area contributed by atoms with Crippen molar-refractivity contribution in [3.05, 3.63) is 17.5 Å². The molecule has 0 aromatic carbocycles. The second-order valence-corrected chi connectivity index (χ2v) is 4.16. The molecule has 2 heterocycles. The zero-order valence-corrected chi connectivity index (χ0v) is 9.69. The zero-order valence-electron chi connectivity index (χ0n) is 10.9. The second-order valence-electron chi connectivity index (χ2n) is 3.82.